The molecule has 0 atom stereocenters. The maximum atomic E-state index is 14.4. The number of hydrazone groups is 1. The van der Waals surface area contributed by atoms with E-state index in [9.17, 15) is 24.6 Å². The topological polar surface area (TPSA) is 114 Å². The number of aryl methyl sites for hydroxylation is 1. The van der Waals surface area contributed by atoms with E-state index in [2.05, 4.69) is 10.5 Å². The summed E-state index contributed by atoms with van der Waals surface area (Å²) in [5, 5.41) is 25.8. The third kappa shape index (κ3) is 4.05. The number of nitrogens with one attached hydrogen (secondary N) is 1. The molecule has 0 aliphatic carbocycles. The highest BCUT2D eigenvalue weighted by atomic mass is 19.1. The van der Waals surface area contributed by atoms with Gasteiger partial charge < -0.3 is 4.90 Å². The molecule has 0 amide bonds. The number of nitro groups is 2. The monoisotopic (exact) mass is 387 g/mol. The average molecular weight is 387 g/mol. The Morgan fingerprint density at radius 3 is 2.50 bits per heavy atom. The molecule has 0 spiro atoms. The first kappa shape index (κ1) is 19.2. The van der Waals surface area contributed by atoms with E-state index in [0.29, 0.717) is 11.3 Å². The fourth-order valence-electron chi connectivity index (χ4n) is 3.07. The van der Waals surface area contributed by atoms with E-state index < -0.39 is 21.2 Å². The van der Waals surface area contributed by atoms with Crippen LogP contribution < -0.4 is 10.3 Å². The average Bonchev–Trinajstić information content (AvgIpc) is 3.18. The molecule has 2 aromatic carbocycles. The molecule has 0 radical (unpaired) electrons. The van der Waals surface area contributed by atoms with Crippen LogP contribution in [0.25, 0.3) is 0 Å². The normalized spacial score (nSPS) is 13.9. The van der Waals surface area contributed by atoms with E-state index in [1.807, 2.05) is 11.8 Å². The van der Waals surface area contributed by atoms with E-state index in [-0.39, 0.29) is 11.5 Å². The molecule has 1 heterocycles. The lowest BCUT2D eigenvalue weighted by Crippen LogP contribution is -2.19. The van der Waals surface area contributed by atoms with Crippen LogP contribution in [0.4, 0.5) is 27.1 Å². The predicted octanol–water partition coefficient (Wildman–Crippen LogP) is 4.00. The summed E-state index contributed by atoms with van der Waals surface area (Å²) in [4.78, 5) is 22.5. The van der Waals surface area contributed by atoms with Crippen LogP contribution in [0.2, 0.25) is 0 Å². The molecule has 1 fully saturated rings. The summed E-state index contributed by atoms with van der Waals surface area (Å²) >= 11 is 0. The van der Waals surface area contributed by atoms with Crippen LogP contribution >= 0.6 is 0 Å². The molecule has 0 unspecified atom stereocenters. The van der Waals surface area contributed by atoms with Crippen molar-refractivity contribution in [3.63, 3.8) is 0 Å². The van der Waals surface area contributed by atoms with Crippen LogP contribution in [0.1, 0.15) is 24.0 Å². The minimum atomic E-state index is -0.736. The minimum absolute atomic E-state index is 0.00124. The van der Waals surface area contributed by atoms with Gasteiger partial charge in [0.1, 0.15) is 11.5 Å². The standard InChI is InChI=1S/C18H18FN5O4/c1-12-8-17(22-6-2-3-7-22)15(19)9-13(12)11-20-21-16-5-4-14(23(25)26)10-18(16)24(27)28/h4-5,8-11,21H,2-3,6-7H2,1H3/b20-11-. The molecule has 3 rings (SSSR count). The SMILES string of the molecule is Cc1cc(N2CCCC2)c(F)cc1/C=N\Nc1ccc([N+](=O)[O-])cc1[N+](=O)[O-]. The van der Waals surface area contributed by atoms with Gasteiger partial charge in [-0.25, -0.2) is 4.39 Å². The highest BCUT2D eigenvalue weighted by Gasteiger charge is 2.19. The highest BCUT2D eigenvalue weighted by molar-refractivity contribution is 5.83. The molecule has 1 aliphatic rings. The molecule has 146 valence electrons. The van der Waals surface area contributed by atoms with Crippen LogP contribution in [0.5, 0.6) is 0 Å². The van der Waals surface area contributed by atoms with E-state index >= 15 is 0 Å². The van der Waals surface area contributed by atoms with Gasteiger partial charge >= 0.3 is 5.69 Å². The molecule has 1 aliphatic heterocycles. The Hall–Kier alpha value is -3.56. The lowest BCUT2D eigenvalue weighted by molar-refractivity contribution is -0.393. The van der Waals surface area contributed by atoms with Crippen molar-refractivity contribution < 1.29 is 14.2 Å². The number of non-ortho nitro benzene ring substituents is 1. The molecule has 1 N–H and O–H groups in total. The smallest absolute Gasteiger partial charge is 0.301 e. The van der Waals surface area contributed by atoms with E-state index in [0.717, 1.165) is 43.6 Å². The quantitative estimate of drug-likeness (QED) is 0.455. The second-order valence-corrected chi connectivity index (χ2v) is 6.44. The summed E-state index contributed by atoms with van der Waals surface area (Å²) in [7, 11) is 0. The number of halogens is 1. The zero-order valence-electron chi connectivity index (χ0n) is 15.1. The zero-order valence-corrected chi connectivity index (χ0v) is 15.1. The second kappa shape index (κ2) is 7.99. The summed E-state index contributed by atoms with van der Waals surface area (Å²) in [5.41, 5.74) is 3.53. The minimum Gasteiger partial charge on any atom is -0.369 e. The Labute approximate surface area is 159 Å². The number of hydrogen-bond donors (Lipinski definition) is 1. The molecular formula is C18H18FN5O4. The van der Waals surface area contributed by atoms with Gasteiger partial charge in [-0.05, 0) is 43.5 Å². The van der Waals surface area contributed by atoms with Crippen molar-refractivity contribution in [2.75, 3.05) is 23.4 Å². The largest absolute Gasteiger partial charge is 0.369 e. The van der Waals surface area contributed by atoms with E-state index in [1.165, 1.54) is 18.3 Å². The maximum absolute atomic E-state index is 14.4. The summed E-state index contributed by atoms with van der Waals surface area (Å²) in [6.07, 6.45) is 3.44. The lowest BCUT2D eigenvalue weighted by atomic mass is 10.1. The molecule has 10 heteroatoms. The van der Waals surface area contributed by atoms with Crippen molar-refractivity contribution in [3.8, 4) is 0 Å². The van der Waals surface area contributed by atoms with Crippen LogP contribution in [0.15, 0.2) is 35.4 Å². The third-order valence-electron chi connectivity index (χ3n) is 4.56. The van der Waals surface area contributed by atoms with Crippen LogP contribution in [0.3, 0.4) is 0 Å². The van der Waals surface area contributed by atoms with Gasteiger partial charge in [-0.3, -0.25) is 25.7 Å². The Morgan fingerprint density at radius 1 is 1.14 bits per heavy atom. The van der Waals surface area contributed by atoms with Gasteiger partial charge in [-0.1, -0.05) is 0 Å². The zero-order chi connectivity index (χ0) is 20.3. The Kier molecular flexibility index (Phi) is 5.48. The van der Waals surface area contributed by atoms with Crippen molar-refractivity contribution in [1.82, 2.24) is 0 Å². The number of nitrogens with zero attached hydrogens (tertiary/aromatic N) is 4. The summed E-state index contributed by atoms with van der Waals surface area (Å²) in [5.74, 6) is -0.352. The Bertz CT molecular complexity index is 957. The Balaban J connectivity index is 1.80. The van der Waals surface area contributed by atoms with Crippen molar-refractivity contribution in [3.05, 3.63) is 67.5 Å². The van der Waals surface area contributed by atoms with Gasteiger partial charge in [-0.2, -0.15) is 5.10 Å². The molecule has 2 aromatic rings. The van der Waals surface area contributed by atoms with Gasteiger partial charge in [0.2, 0.25) is 0 Å². The van der Waals surface area contributed by atoms with Gasteiger partial charge in [-0.15, -0.1) is 0 Å². The van der Waals surface area contributed by atoms with Crippen molar-refractivity contribution >= 4 is 29.0 Å². The van der Waals surface area contributed by atoms with Gasteiger partial charge in [0.25, 0.3) is 5.69 Å². The lowest BCUT2D eigenvalue weighted by Gasteiger charge is -2.19. The molecule has 9 nitrogen and oxygen atoms in total. The molecule has 0 saturated carbocycles. The summed E-state index contributed by atoms with van der Waals surface area (Å²) < 4.78 is 14.4. The van der Waals surface area contributed by atoms with Crippen molar-refractivity contribution in [2.24, 2.45) is 5.10 Å². The number of anilines is 2. The van der Waals surface area contributed by atoms with Gasteiger partial charge in [0.15, 0.2) is 0 Å². The fourth-order valence-corrected chi connectivity index (χ4v) is 3.07. The van der Waals surface area contributed by atoms with Crippen molar-refractivity contribution in [2.45, 2.75) is 19.8 Å². The fraction of sp³-hybridized carbons (Fsp3) is 0.278. The van der Waals surface area contributed by atoms with Gasteiger partial charge in [0.05, 0.1) is 27.8 Å². The predicted molar refractivity (Wildman–Crippen MR) is 104 cm³/mol. The highest BCUT2D eigenvalue weighted by Crippen LogP contribution is 2.29. The first-order chi connectivity index (χ1) is 13.4. The van der Waals surface area contributed by atoms with Crippen molar-refractivity contribution in [1.29, 1.82) is 0 Å². The number of hydrogen-bond acceptors (Lipinski definition) is 7. The third-order valence-corrected chi connectivity index (χ3v) is 4.56. The Morgan fingerprint density at radius 2 is 1.86 bits per heavy atom. The van der Waals surface area contributed by atoms with E-state index in [1.54, 1.807) is 6.07 Å². The first-order valence-corrected chi connectivity index (χ1v) is 8.64. The van der Waals surface area contributed by atoms with Crippen LogP contribution in [-0.2, 0) is 0 Å². The summed E-state index contributed by atoms with van der Waals surface area (Å²) in [6, 6.07) is 6.33. The van der Waals surface area contributed by atoms with Gasteiger partial charge in [0, 0.05) is 24.7 Å². The maximum Gasteiger partial charge on any atom is 0.301 e. The van der Waals surface area contributed by atoms with E-state index in [4.69, 9.17) is 0 Å². The molecule has 28 heavy (non-hydrogen) atoms. The molecule has 0 aromatic heterocycles. The second-order valence-electron chi connectivity index (χ2n) is 6.44. The molecular weight excluding hydrogens is 369 g/mol. The van der Waals surface area contributed by atoms with Crippen LogP contribution in [-0.4, -0.2) is 29.2 Å². The first-order valence-electron chi connectivity index (χ1n) is 8.64. The number of nitro benzene ring substituents is 2. The number of benzene rings is 2. The molecule has 1 saturated heterocycles. The van der Waals surface area contributed by atoms with Crippen LogP contribution in [0, 0.1) is 33.0 Å². The number of rotatable bonds is 6. The molecule has 0 bridgehead atoms. The summed E-state index contributed by atoms with van der Waals surface area (Å²) in [6.45, 7) is 3.49.